The van der Waals surface area contributed by atoms with Gasteiger partial charge in [-0.1, -0.05) is 20.3 Å². The fraction of sp³-hybridized carbons (Fsp3) is 0.923. The number of amides is 1. The summed E-state index contributed by atoms with van der Waals surface area (Å²) in [6.07, 6.45) is 7.29. The second kappa shape index (κ2) is 4.74. The molecule has 2 N–H and O–H groups in total. The largest absolute Gasteiger partial charge is 0.352 e. The first-order chi connectivity index (χ1) is 7.55. The van der Waals surface area contributed by atoms with Crippen LogP contribution in [0.1, 0.15) is 52.4 Å². The summed E-state index contributed by atoms with van der Waals surface area (Å²) in [5.41, 5.74) is 0.403. The van der Waals surface area contributed by atoms with Gasteiger partial charge >= 0.3 is 0 Å². The van der Waals surface area contributed by atoms with E-state index in [-0.39, 0.29) is 5.91 Å². The fourth-order valence-electron chi connectivity index (χ4n) is 2.62. The van der Waals surface area contributed by atoms with Crippen LogP contribution in [-0.2, 0) is 4.79 Å². The lowest BCUT2D eigenvalue weighted by Crippen LogP contribution is -2.44. The Morgan fingerprint density at radius 3 is 2.62 bits per heavy atom. The predicted molar refractivity (Wildman–Crippen MR) is 65.2 cm³/mol. The van der Waals surface area contributed by atoms with E-state index >= 15 is 0 Å². The summed E-state index contributed by atoms with van der Waals surface area (Å²) < 4.78 is 0. The molecule has 2 aliphatic rings. The van der Waals surface area contributed by atoms with E-state index in [0.717, 1.165) is 12.8 Å². The maximum absolute atomic E-state index is 11.7. The standard InChI is InChI=1S/C13H24N2O/c1-13(2)7-3-4-11(8-13)15-12(16)9-14-10-5-6-10/h10-11,14H,3-9H2,1-2H3,(H,15,16). The first-order valence-electron chi connectivity index (χ1n) is 6.58. The third-order valence-corrected chi connectivity index (χ3v) is 3.70. The average Bonchev–Trinajstić information content (AvgIpc) is 2.96. The van der Waals surface area contributed by atoms with Gasteiger partial charge in [-0.3, -0.25) is 4.79 Å². The highest BCUT2D eigenvalue weighted by Crippen LogP contribution is 2.34. The maximum Gasteiger partial charge on any atom is 0.234 e. The molecule has 2 rings (SSSR count). The molecule has 92 valence electrons. The molecule has 0 aliphatic heterocycles. The van der Waals surface area contributed by atoms with Crippen LogP contribution in [0.15, 0.2) is 0 Å². The molecule has 3 heteroatoms. The van der Waals surface area contributed by atoms with Crippen molar-refractivity contribution in [2.75, 3.05) is 6.54 Å². The number of carbonyl (C=O) groups excluding carboxylic acids is 1. The molecule has 0 aromatic heterocycles. The molecule has 1 amide bonds. The highest BCUT2D eigenvalue weighted by Gasteiger charge is 2.29. The van der Waals surface area contributed by atoms with E-state index in [4.69, 9.17) is 0 Å². The van der Waals surface area contributed by atoms with Crippen molar-refractivity contribution >= 4 is 5.91 Å². The summed E-state index contributed by atoms with van der Waals surface area (Å²) in [5, 5.41) is 6.41. The maximum atomic E-state index is 11.7. The van der Waals surface area contributed by atoms with Crippen LogP contribution >= 0.6 is 0 Å². The summed E-state index contributed by atoms with van der Waals surface area (Å²) in [7, 11) is 0. The van der Waals surface area contributed by atoms with E-state index in [2.05, 4.69) is 24.5 Å². The zero-order valence-corrected chi connectivity index (χ0v) is 10.5. The number of hydrogen-bond donors (Lipinski definition) is 2. The van der Waals surface area contributed by atoms with Crippen LogP contribution in [0.4, 0.5) is 0 Å². The minimum Gasteiger partial charge on any atom is -0.352 e. The van der Waals surface area contributed by atoms with Gasteiger partial charge < -0.3 is 10.6 Å². The summed E-state index contributed by atoms with van der Waals surface area (Å²) >= 11 is 0. The topological polar surface area (TPSA) is 41.1 Å². The molecule has 0 radical (unpaired) electrons. The van der Waals surface area contributed by atoms with Crippen LogP contribution in [0.2, 0.25) is 0 Å². The fourth-order valence-corrected chi connectivity index (χ4v) is 2.62. The second-order valence-electron chi connectivity index (χ2n) is 6.18. The number of nitrogens with one attached hydrogen (secondary N) is 2. The van der Waals surface area contributed by atoms with Crippen molar-refractivity contribution < 1.29 is 4.79 Å². The lowest BCUT2D eigenvalue weighted by molar-refractivity contribution is -0.121. The Bertz CT molecular complexity index is 259. The van der Waals surface area contributed by atoms with Gasteiger partial charge in [0.2, 0.25) is 5.91 Å². The van der Waals surface area contributed by atoms with Gasteiger partial charge in [0.25, 0.3) is 0 Å². The number of rotatable bonds is 4. The molecule has 0 saturated heterocycles. The average molecular weight is 224 g/mol. The zero-order chi connectivity index (χ0) is 11.6. The van der Waals surface area contributed by atoms with Gasteiger partial charge in [-0.05, 0) is 37.5 Å². The molecule has 1 unspecified atom stereocenters. The van der Waals surface area contributed by atoms with E-state index in [1.165, 1.54) is 25.7 Å². The lowest BCUT2D eigenvalue weighted by Gasteiger charge is -2.35. The van der Waals surface area contributed by atoms with Crippen LogP contribution in [0, 0.1) is 5.41 Å². The second-order valence-corrected chi connectivity index (χ2v) is 6.18. The van der Waals surface area contributed by atoms with Gasteiger partial charge in [-0.2, -0.15) is 0 Å². The Balaban J connectivity index is 1.68. The van der Waals surface area contributed by atoms with Crippen LogP contribution in [0.25, 0.3) is 0 Å². The monoisotopic (exact) mass is 224 g/mol. The zero-order valence-electron chi connectivity index (χ0n) is 10.5. The molecular weight excluding hydrogens is 200 g/mol. The Kier molecular flexibility index (Phi) is 3.53. The van der Waals surface area contributed by atoms with E-state index in [0.29, 0.717) is 24.0 Å². The molecule has 16 heavy (non-hydrogen) atoms. The SMILES string of the molecule is CC1(C)CCCC(NC(=O)CNC2CC2)C1. The third kappa shape index (κ3) is 3.78. The minimum absolute atomic E-state index is 0.176. The lowest BCUT2D eigenvalue weighted by atomic mass is 9.75. The van der Waals surface area contributed by atoms with Crippen LogP contribution in [-0.4, -0.2) is 24.5 Å². The molecule has 0 heterocycles. The van der Waals surface area contributed by atoms with E-state index in [1.807, 2.05) is 0 Å². The van der Waals surface area contributed by atoms with Crippen LogP contribution in [0.5, 0.6) is 0 Å². The smallest absolute Gasteiger partial charge is 0.234 e. The Morgan fingerprint density at radius 1 is 1.25 bits per heavy atom. The van der Waals surface area contributed by atoms with Crippen LogP contribution in [0.3, 0.4) is 0 Å². The van der Waals surface area contributed by atoms with Crippen LogP contribution < -0.4 is 10.6 Å². The predicted octanol–water partition coefficient (Wildman–Crippen LogP) is 1.82. The van der Waals surface area contributed by atoms with E-state index in [9.17, 15) is 4.79 Å². The summed E-state index contributed by atoms with van der Waals surface area (Å²) in [4.78, 5) is 11.7. The van der Waals surface area contributed by atoms with Crippen molar-refractivity contribution in [3.8, 4) is 0 Å². The molecule has 3 nitrogen and oxygen atoms in total. The molecule has 0 spiro atoms. The summed E-state index contributed by atoms with van der Waals surface area (Å²) in [6.45, 7) is 5.10. The van der Waals surface area contributed by atoms with Gasteiger partial charge in [0.05, 0.1) is 6.54 Å². The molecular formula is C13H24N2O. The highest BCUT2D eigenvalue weighted by atomic mass is 16.2. The van der Waals surface area contributed by atoms with Gasteiger partial charge in [-0.25, -0.2) is 0 Å². The van der Waals surface area contributed by atoms with E-state index < -0.39 is 0 Å². The first-order valence-corrected chi connectivity index (χ1v) is 6.58. The van der Waals surface area contributed by atoms with Crippen molar-refractivity contribution in [3.63, 3.8) is 0 Å². The summed E-state index contributed by atoms with van der Waals surface area (Å²) in [5.74, 6) is 0.176. The molecule has 2 fully saturated rings. The van der Waals surface area contributed by atoms with Crippen molar-refractivity contribution in [2.24, 2.45) is 5.41 Å². The van der Waals surface area contributed by atoms with Crippen molar-refractivity contribution in [2.45, 2.75) is 64.5 Å². The molecule has 0 aromatic carbocycles. The van der Waals surface area contributed by atoms with Gasteiger partial charge in [-0.15, -0.1) is 0 Å². The quantitative estimate of drug-likeness (QED) is 0.765. The normalized spacial score (nSPS) is 28.8. The van der Waals surface area contributed by atoms with Gasteiger partial charge in [0.1, 0.15) is 0 Å². The Labute approximate surface area is 98.4 Å². The summed E-state index contributed by atoms with van der Waals surface area (Å²) in [6, 6.07) is 1.02. The Hall–Kier alpha value is -0.570. The number of carbonyl (C=O) groups is 1. The minimum atomic E-state index is 0.176. The third-order valence-electron chi connectivity index (χ3n) is 3.70. The van der Waals surface area contributed by atoms with Crippen molar-refractivity contribution in [1.82, 2.24) is 10.6 Å². The molecule has 0 bridgehead atoms. The first kappa shape index (κ1) is 11.9. The Morgan fingerprint density at radius 2 is 2.00 bits per heavy atom. The molecule has 2 aliphatic carbocycles. The molecule has 2 saturated carbocycles. The van der Waals surface area contributed by atoms with Crippen molar-refractivity contribution in [1.29, 1.82) is 0 Å². The number of hydrogen-bond acceptors (Lipinski definition) is 2. The highest BCUT2D eigenvalue weighted by molar-refractivity contribution is 5.78. The van der Waals surface area contributed by atoms with Crippen molar-refractivity contribution in [3.05, 3.63) is 0 Å². The van der Waals surface area contributed by atoms with E-state index in [1.54, 1.807) is 0 Å². The molecule has 1 atom stereocenters. The molecule has 0 aromatic rings. The van der Waals surface area contributed by atoms with Gasteiger partial charge in [0.15, 0.2) is 0 Å². The van der Waals surface area contributed by atoms with Gasteiger partial charge in [0, 0.05) is 12.1 Å².